The van der Waals surface area contributed by atoms with Crippen LogP contribution in [0.25, 0.3) is 10.9 Å². The molecule has 0 aliphatic carbocycles. The van der Waals surface area contributed by atoms with Crippen LogP contribution in [0.15, 0.2) is 66.7 Å². The number of rotatable bonds is 5. The van der Waals surface area contributed by atoms with E-state index in [2.05, 4.69) is 20.6 Å². The summed E-state index contributed by atoms with van der Waals surface area (Å²) in [5.41, 5.74) is 3.90. The van der Waals surface area contributed by atoms with Crippen LogP contribution in [0.4, 0.5) is 15.9 Å². The molecule has 0 unspecified atom stereocenters. The standard InChI is InChI=1S/C23H18ClFN4O/c1-14-3-2-4-19-20(14)28-23(24)29-21(19)26-13-15-5-11-18(12-6-15)27-22(30)16-7-9-17(25)10-8-16/h2-12H,13H2,1H3,(H,27,30)(H,26,28,29). The molecule has 150 valence electrons. The van der Waals surface area contributed by atoms with Gasteiger partial charge in [0.1, 0.15) is 11.6 Å². The maximum absolute atomic E-state index is 13.0. The van der Waals surface area contributed by atoms with Crippen molar-refractivity contribution in [2.24, 2.45) is 0 Å². The third-order valence-electron chi connectivity index (χ3n) is 4.68. The molecule has 1 amide bonds. The summed E-state index contributed by atoms with van der Waals surface area (Å²) in [5, 5.41) is 7.20. The Balaban J connectivity index is 1.44. The summed E-state index contributed by atoms with van der Waals surface area (Å²) in [4.78, 5) is 20.9. The quantitative estimate of drug-likeness (QED) is 0.413. The molecule has 30 heavy (non-hydrogen) atoms. The first kappa shape index (κ1) is 19.8. The van der Waals surface area contributed by atoms with Crippen LogP contribution in [-0.4, -0.2) is 15.9 Å². The number of hydrogen-bond acceptors (Lipinski definition) is 4. The highest BCUT2D eigenvalue weighted by molar-refractivity contribution is 6.28. The van der Waals surface area contributed by atoms with Gasteiger partial charge in [0, 0.05) is 23.2 Å². The van der Waals surface area contributed by atoms with Crippen molar-refractivity contribution in [3.05, 3.63) is 94.5 Å². The Labute approximate surface area is 177 Å². The third kappa shape index (κ3) is 4.39. The van der Waals surface area contributed by atoms with Crippen molar-refractivity contribution in [1.82, 2.24) is 9.97 Å². The summed E-state index contributed by atoms with van der Waals surface area (Å²) < 4.78 is 13.0. The molecule has 5 nitrogen and oxygen atoms in total. The molecule has 1 aromatic heterocycles. The van der Waals surface area contributed by atoms with Crippen molar-refractivity contribution in [3.8, 4) is 0 Å². The van der Waals surface area contributed by atoms with Crippen molar-refractivity contribution in [3.63, 3.8) is 0 Å². The second-order valence-electron chi connectivity index (χ2n) is 6.82. The lowest BCUT2D eigenvalue weighted by Crippen LogP contribution is -2.11. The molecular formula is C23H18ClFN4O. The predicted molar refractivity (Wildman–Crippen MR) is 117 cm³/mol. The number of hydrogen-bond donors (Lipinski definition) is 2. The van der Waals surface area contributed by atoms with E-state index in [-0.39, 0.29) is 17.0 Å². The minimum absolute atomic E-state index is 0.193. The van der Waals surface area contributed by atoms with Gasteiger partial charge in [-0.2, -0.15) is 0 Å². The molecule has 0 atom stereocenters. The molecule has 0 spiro atoms. The molecule has 0 aliphatic rings. The third-order valence-corrected chi connectivity index (χ3v) is 4.85. The minimum atomic E-state index is -0.378. The van der Waals surface area contributed by atoms with Gasteiger partial charge in [-0.3, -0.25) is 4.79 Å². The average Bonchev–Trinajstić information content (AvgIpc) is 2.74. The second-order valence-corrected chi connectivity index (χ2v) is 7.16. The molecule has 7 heteroatoms. The molecule has 0 saturated carbocycles. The van der Waals surface area contributed by atoms with Crippen LogP contribution >= 0.6 is 11.6 Å². The van der Waals surface area contributed by atoms with Crippen LogP contribution in [0.5, 0.6) is 0 Å². The predicted octanol–water partition coefficient (Wildman–Crippen LogP) is 5.60. The van der Waals surface area contributed by atoms with E-state index in [1.54, 1.807) is 0 Å². The Morgan fingerprint density at radius 3 is 2.47 bits per heavy atom. The van der Waals surface area contributed by atoms with Crippen LogP contribution in [-0.2, 0) is 6.54 Å². The summed E-state index contributed by atoms with van der Waals surface area (Å²) in [5.74, 6) is -0.00273. The summed E-state index contributed by atoms with van der Waals surface area (Å²) in [6.45, 7) is 2.51. The zero-order valence-corrected chi connectivity index (χ0v) is 16.9. The van der Waals surface area contributed by atoms with E-state index in [0.717, 1.165) is 22.0 Å². The van der Waals surface area contributed by atoms with E-state index in [1.807, 2.05) is 49.4 Å². The smallest absolute Gasteiger partial charge is 0.255 e. The van der Waals surface area contributed by atoms with Gasteiger partial charge in [-0.05, 0) is 72.1 Å². The van der Waals surface area contributed by atoms with Gasteiger partial charge in [-0.1, -0.05) is 24.3 Å². The molecule has 0 bridgehead atoms. The number of carbonyl (C=O) groups excluding carboxylic acids is 1. The molecule has 1 heterocycles. The zero-order chi connectivity index (χ0) is 21.1. The lowest BCUT2D eigenvalue weighted by atomic mass is 10.1. The van der Waals surface area contributed by atoms with Crippen LogP contribution in [0.1, 0.15) is 21.5 Å². The number of amides is 1. The van der Waals surface area contributed by atoms with Crippen molar-refractivity contribution < 1.29 is 9.18 Å². The molecule has 4 aromatic rings. The topological polar surface area (TPSA) is 66.9 Å². The van der Waals surface area contributed by atoms with Gasteiger partial charge in [0.2, 0.25) is 5.28 Å². The lowest BCUT2D eigenvalue weighted by Gasteiger charge is -2.11. The average molecular weight is 421 g/mol. The van der Waals surface area contributed by atoms with E-state index < -0.39 is 0 Å². The molecule has 4 rings (SSSR count). The number of halogens is 2. The maximum atomic E-state index is 13.0. The SMILES string of the molecule is Cc1cccc2c(NCc3ccc(NC(=O)c4ccc(F)cc4)cc3)nc(Cl)nc12. The second kappa shape index (κ2) is 8.47. The number of aromatic nitrogens is 2. The molecule has 0 radical (unpaired) electrons. The fourth-order valence-electron chi connectivity index (χ4n) is 3.10. The summed E-state index contributed by atoms with van der Waals surface area (Å²) in [6, 6.07) is 18.7. The Morgan fingerprint density at radius 1 is 1.00 bits per heavy atom. The van der Waals surface area contributed by atoms with Gasteiger partial charge < -0.3 is 10.6 Å². The monoisotopic (exact) mass is 420 g/mol. The zero-order valence-electron chi connectivity index (χ0n) is 16.1. The highest BCUT2D eigenvalue weighted by Crippen LogP contribution is 2.25. The Hall–Kier alpha value is -3.51. The van der Waals surface area contributed by atoms with Crippen molar-refractivity contribution >= 4 is 39.9 Å². The number of fused-ring (bicyclic) bond motifs is 1. The van der Waals surface area contributed by atoms with E-state index in [4.69, 9.17) is 11.6 Å². The molecule has 2 N–H and O–H groups in total. The largest absolute Gasteiger partial charge is 0.365 e. The normalized spacial score (nSPS) is 10.8. The Bertz CT molecular complexity index is 1210. The fraction of sp³-hybridized carbons (Fsp3) is 0.0870. The first-order valence-corrected chi connectivity index (χ1v) is 9.70. The molecule has 0 saturated heterocycles. The van der Waals surface area contributed by atoms with Gasteiger partial charge in [-0.15, -0.1) is 0 Å². The number of nitrogens with zero attached hydrogens (tertiary/aromatic N) is 2. The van der Waals surface area contributed by atoms with E-state index in [9.17, 15) is 9.18 Å². The lowest BCUT2D eigenvalue weighted by molar-refractivity contribution is 0.102. The highest BCUT2D eigenvalue weighted by atomic mass is 35.5. The van der Waals surface area contributed by atoms with Crippen LogP contribution < -0.4 is 10.6 Å². The van der Waals surface area contributed by atoms with Crippen LogP contribution in [0, 0.1) is 12.7 Å². The van der Waals surface area contributed by atoms with Crippen LogP contribution in [0.3, 0.4) is 0 Å². The molecular weight excluding hydrogens is 403 g/mol. The van der Waals surface area contributed by atoms with E-state index in [0.29, 0.717) is 23.6 Å². The van der Waals surface area contributed by atoms with Crippen molar-refractivity contribution in [2.45, 2.75) is 13.5 Å². The van der Waals surface area contributed by atoms with E-state index >= 15 is 0 Å². The van der Waals surface area contributed by atoms with Gasteiger partial charge in [-0.25, -0.2) is 14.4 Å². The number of anilines is 2. The Kier molecular flexibility index (Phi) is 5.59. The number of para-hydroxylation sites is 1. The number of aryl methyl sites for hydroxylation is 1. The highest BCUT2D eigenvalue weighted by Gasteiger charge is 2.09. The van der Waals surface area contributed by atoms with Crippen molar-refractivity contribution in [1.29, 1.82) is 0 Å². The first-order chi connectivity index (χ1) is 14.5. The first-order valence-electron chi connectivity index (χ1n) is 9.32. The molecule has 0 fully saturated rings. The fourth-order valence-corrected chi connectivity index (χ4v) is 3.27. The number of benzene rings is 3. The maximum Gasteiger partial charge on any atom is 0.255 e. The van der Waals surface area contributed by atoms with Gasteiger partial charge in [0.25, 0.3) is 5.91 Å². The van der Waals surface area contributed by atoms with Crippen molar-refractivity contribution in [2.75, 3.05) is 10.6 Å². The molecule has 3 aromatic carbocycles. The number of carbonyl (C=O) groups is 1. The van der Waals surface area contributed by atoms with Crippen LogP contribution in [0.2, 0.25) is 5.28 Å². The number of nitrogens with one attached hydrogen (secondary N) is 2. The molecule has 0 aliphatic heterocycles. The Morgan fingerprint density at radius 2 is 1.73 bits per heavy atom. The summed E-state index contributed by atoms with van der Waals surface area (Å²) in [7, 11) is 0. The van der Waals surface area contributed by atoms with E-state index in [1.165, 1.54) is 24.3 Å². The van der Waals surface area contributed by atoms with Gasteiger partial charge in [0.15, 0.2) is 0 Å². The van der Waals surface area contributed by atoms with Gasteiger partial charge >= 0.3 is 0 Å². The summed E-state index contributed by atoms with van der Waals surface area (Å²) >= 11 is 6.08. The minimum Gasteiger partial charge on any atom is -0.365 e. The summed E-state index contributed by atoms with van der Waals surface area (Å²) in [6.07, 6.45) is 0. The van der Waals surface area contributed by atoms with Gasteiger partial charge in [0.05, 0.1) is 5.52 Å².